The fourth-order valence-corrected chi connectivity index (χ4v) is 2.28. The van der Waals surface area contributed by atoms with E-state index in [4.69, 9.17) is 4.74 Å². The minimum atomic E-state index is -1.04. The number of carbonyl (C=O) groups is 3. The van der Waals surface area contributed by atoms with Crippen LogP contribution in [0.15, 0.2) is 42.5 Å². The highest BCUT2D eigenvalue weighted by molar-refractivity contribution is 6.00. The summed E-state index contributed by atoms with van der Waals surface area (Å²) in [6, 6.07) is 10.2. The zero-order valence-corrected chi connectivity index (χ0v) is 14.8. The number of amides is 1. The average Bonchev–Trinajstić information content (AvgIpc) is 2.62. The summed E-state index contributed by atoms with van der Waals surface area (Å²) in [4.78, 5) is 36.0. The first-order valence-electron chi connectivity index (χ1n) is 8.12. The van der Waals surface area contributed by atoms with Crippen molar-refractivity contribution in [2.75, 3.05) is 6.54 Å². The topological polar surface area (TPSA) is 72.5 Å². The first-order chi connectivity index (χ1) is 12.3. The molecule has 0 aliphatic carbocycles. The monoisotopic (exact) mass is 357 g/mol. The molecule has 2 rings (SSSR count). The van der Waals surface area contributed by atoms with Gasteiger partial charge in [-0.1, -0.05) is 6.07 Å². The van der Waals surface area contributed by atoms with Crippen molar-refractivity contribution in [1.29, 1.82) is 0 Å². The Balaban J connectivity index is 1.87. The number of carbonyl (C=O) groups excluding carboxylic acids is 3. The largest absolute Gasteiger partial charge is 0.453 e. The summed E-state index contributed by atoms with van der Waals surface area (Å²) in [5.74, 6) is -2.04. The quantitative estimate of drug-likeness (QED) is 0.637. The van der Waals surface area contributed by atoms with E-state index in [-0.39, 0.29) is 12.1 Å². The van der Waals surface area contributed by atoms with Gasteiger partial charge in [0, 0.05) is 11.1 Å². The highest BCUT2D eigenvalue weighted by Crippen LogP contribution is 2.10. The third kappa shape index (κ3) is 4.99. The number of benzene rings is 2. The Bertz CT molecular complexity index is 830. The van der Waals surface area contributed by atoms with Gasteiger partial charge in [-0.3, -0.25) is 14.4 Å². The summed E-state index contributed by atoms with van der Waals surface area (Å²) in [7, 11) is 0. The highest BCUT2D eigenvalue weighted by Gasteiger charge is 2.20. The fourth-order valence-electron chi connectivity index (χ4n) is 2.28. The Labute approximate surface area is 151 Å². The molecule has 0 saturated carbocycles. The van der Waals surface area contributed by atoms with Crippen LogP contribution in [-0.4, -0.2) is 30.3 Å². The van der Waals surface area contributed by atoms with Crippen LogP contribution in [0.25, 0.3) is 0 Å². The number of aryl methyl sites for hydroxylation is 2. The first-order valence-corrected chi connectivity index (χ1v) is 8.12. The van der Waals surface area contributed by atoms with Gasteiger partial charge >= 0.3 is 5.97 Å². The molecule has 0 aliphatic rings. The van der Waals surface area contributed by atoms with E-state index < -0.39 is 29.6 Å². The van der Waals surface area contributed by atoms with E-state index in [1.807, 2.05) is 19.9 Å². The zero-order valence-electron chi connectivity index (χ0n) is 14.8. The second-order valence-electron chi connectivity index (χ2n) is 5.98. The van der Waals surface area contributed by atoms with Gasteiger partial charge in [0.2, 0.25) is 5.78 Å². The molecule has 2 aromatic rings. The van der Waals surface area contributed by atoms with Crippen LogP contribution >= 0.6 is 0 Å². The average molecular weight is 357 g/mol. The zero-order chi connectivity index (χ0) is 19.3. The maximum absolute atomic E-state index is 12.9. The van der Waals surface area contributed by atoms with Crippen molar-refractivity contribution < 1.29 is 23.5 Å². The molecule has 0 spiro atoms. The molecule has 6 heteroatoms. The summed E-state index contributed by atoms with van der Waals surface area (Å²) in [6.45, 7) is 4.90. The molecule has 136 valence electrons. The van der Waals surface area contributed by atoms with Crippen molar-refractivity contribution >= 4 is 17.7 Å². The SMILES string of the molecule is Cc1ccc(C(=O)NCC(=O)O[C@@H](C)C(=O)c2ccc(F)cc2)cc1C. The van der Waals surface area contributed by atoms with Crippen molar-refractivity contribution in [1.82, 2.24) is 5.32 Å². The third-order valence-electron chi connectivity index (χ3n) is 3.97. The summed E-state index contributed by atoms with van der Waals surface area (Å²) >= 11 is 0. The van der Waals surface area contributed by atoms with E-state index >= 15 is 0 Å². The van der Waals surface area contributed by atoms with Gasteiger partial charge in [-0.2, -0.15) is 0 Å². The molecule has 0 bridgehead atoms. The Hall–Kier alpha value is -3.02. The number of hydrogen-bond donors (Lipinski definition) is 1. The number of esters is 1. The Morgan fingerprint density at radius 1 is 1.00 bits per heavy atom. The fraction of sp³-hybridized carbons (Fsp3) is 0.250. The van der Waals surface area contributed by atoms with E-state index in [0.717, 1.165) is 23.3 Å². The highest BCUT2D eigenvalue weighted by atomic mass is 19.1. The molecule has 5 nitrogen and oxygen atoms in total. The number of ether oxygens (including phenoxy) is 1. The molecule has 0 saturated heterocycles. The van der Waals surface area contributed by atoms with Crippen molar-refractivity contribution in [3.05, 3.63) is 70.5 Å². The minimum absolute atomic E-state index is 0.242. The minimum Gasteiger partial charge on any atom is -0.453 e. The lowest BCUT2D eigenvalue weighted by Crippen LogP contribution is -2.34. The lowest BCUT2D eigenvalue weighted by molar-refractivity contribution is -0.145. The van der Waals surface area contributed by atoms with Crippen LogP contribution in [0.2, 0.25) is 0 Å². The van der Waals surface area contributed by atoms with Gasteiger partial charge in [-0.25, -0.2) is 4.39 Å². The predicted molar refractivity (Wildman–Crippen MR) is 94.5 cm³/mol. The molecule has 1 amide bonds. The second kappa shape index (κ2) is 8.38. The van der Waals surface area contributed by atoms with Crippen molar-refractivity contribution in [2.45, 2.75) is 26.9 Å². The summed E-state index contributed by atoms with van der Waals surface area (Å²) in [5.41, 5.74) is 2.72. The molecule has 0 aliphatic heterocycles. The standard InChI is InChI=1S/C20H20FNO4/c1-12-4-5-16(10-13(12)2)20(25)22-11-18(23)26-14(3)19(24)15-6-8-17(21)9-7-15/h4-10,14H,11H2,1-3H3,(H,22,25)/t14-/m0/s1. The third-order valence-corrected chi connectivity index (χ3v) is 3.97. The Morgan fingerprint density at radius 3 is 2.23 bits per heavy atom. The number of Topliss-reactive ketones (excluding diaryl/α,β-unsaturated/α-hetero) is 1. The Kier molecular flexibility index (Phi) is 6.22. The lowest BCUT2D eigenvalue weighted by Gasteiger charge is -2.13. The van der Waals surface area contributed by atoms with E-state index in [1.165, 1.54) is 19.1 Å². The van der Waals surface area contributed by atoms with Gasteiger partial charge in [0.1, 0.15) is 12.4 Å². The normalized spacial score (nSPS) is 11.5. The van der Waals surface area contributed by atoms with Gasteiger partial charge in [-0.15, -0.1) is 0 Å². The predicted octanol–water partition coefficient (Wildman–Crippen LogP) is 2.99. The van der Waals surface area contributed by atoms with E-state index in [0.29, 0.717) is 5.56 Å². The number of halogens is 1. The number of hydrogen-bond acceptors (Lipinski definition) is 4. The van der Waals surface area contributed by atoms with Crippen molar-refractivity contribution in [3.63, 3.8) is 0 Å². The maximum atomic E-state index is 12.9. The van der Waals surface area contributed by atoms with Crippen LogP contribution in [0.3, 0.4) is 0 Å². The van der Waals surface area contributed by atoms with Gasteiger partial charge in [0.05, 0.1) is 0 Å². The van der Waals surface area contributed by atoms with E-state index in [9.17, 15) is 18.8 Å². The molecule has 0 aromatic heterocycles. The van der Waals surface area contributed by atoms with Crippen molar-refractivity contribution in [2.24, 2.45) is 0 Å². The maximum Gasteiger partial charge on any atom is 0.326 e. The van der Waals surface area contributed by atoms with Gasteiger partial charge < -0.3 is 10.1 Å². The smallest absolute Gasteiger partial charge is 0.326 e. The van der Waals surface area contributed by atoms with Crippen LogP contribution in [0, 0.1) is 19.7 Å². The van der Waals surface area contributed by atoms with Crippen molar-refractivity contribution in [3.8, 4) is 0 Å². The lowest BCUT2D eigenvalue weighted by atomic mass is 10.1. The first kappa shape index (κ1) is 19.3. The summed E-state index contributed by atoms with van der Waals surface area (Å²) < 4.78 is 17.9. The van der Waals surface area contributed by atoms with Gasteiger partial charge in [0.25, 0.3) is 5.91 Å². The molecule has 26 heavy (non-hydrogen) atoms. The number of ketones is 1. The molecule has 2 aromatic carbocycles. The van der Waals surface area contributed by atoms with Gasteiger partial charge in [0.15, 0.2) is 6.10 Å². The molecule has 1 N–H and O–H groups in total. The van der Waals surface area contributed by atoms with Crippen LogP contribution in [0.4, 0.5) is 4.39 Å². The molecule has 0 heterocycles. The molecular formula is C20H20FNO4. The summed E-state index contributed by atoms with van der Waals surface area (Å²) in [6.07, 6.45) is -1.04. The van der Waals surface area contributed by atoms with Crippen LogP contribution in [0.5, 0.6) is 0 Å². The molecule has 0 fully saturated rings. The van der Waals surface area contributed by atoms with Crippen LogP contribution in [0.1, 0.15) is 38.8 Å². The van der Waals surface area contributed by atoms with E-state index in [2.05, 4.69) is 5.32 Å². The molecule has 0 unspecified atom stereocenters. The molecule has 0 radical (unpaired) electrons. The van der Waals surface area contributed by atoms with Crippen LogP contribution < -0.4 is 5.32 Å². The van der Waals surface area contributed by atoms with E-state index in [1.54, 1.807) is 12.1 Å². The summed E-state index contributed by atoms with van der Waals surface area (Å²) in [5, 5.41) is 2.46. The number of nitrogens with one attached hydrogen (secondary N) is 1. The Morgan fingerprint density at radius 2 is 1.62 bits per heavy atom. The van der Waals surface area contributed by atoms with Crippen LogP contribution in [-0.2, 0) is 9.53 Å². The molecular weight excluding hydrogens is 337 g/mol. The van der Waals surface area contributed by atoms with Gasteiger partial charge in [-0.05, 0) is 68.3 Å². The number of rotatable bonds is 6. The molecule has 1 atom stereocenters. The second-order valence-corrected chi connectivity index (χ2v) is 5.98.